The van der Waals surface area contributed by atoms with Crippen LogP contribution in [0.3, 0.4) is 0 Å². The summed E-state index contributed by atoms with van der Waals surface area (Å²) in [4.78, 5) is 28.7. The summed E-state index contributed by atoms with van der Waals surface area (Å²) in [7, 11) is 0. The minimum atomic E-state index is -0.356. The van der Waals surface area contributed by atoms with Gasteiger partial charge in [0.25, 0.3) is 11.8 Å². The molecule has 0 spiro atoms. The van der Waals surface area contributed by atoms with E-state index in [9.17, 15) is 9.59 Å². The maximum atomic E-state index is 13.7. The van der Waals surface area contributed by atoms with Crippen LogP contribution in [0.1, 0.15) is 16.7 Å². The quantitative estimate of drug-likeness (QED) is 0.423. The number of anilines is 2. The maximum Gasteiger partial charge on any atom is 0.282 e. The molecule has 0 saturated carbocycles. The summed E-state index contributed by atoms with van der Waals surface area (Å²) >= 11 is 0. The molecule has 0 fully saturated rings. The Morgan fingerprint density at radius 2 is 1.38 bits per heavy atom. The molecule has 1 heterocycles. The smallest absolute Gasteiger partial charge is 0.282 e. The predicted molar refractivity (Wildman–Crippen MR) is 129 cm³/mol. The van der Waals surface area contributed by atoms with Gasteiger partial charge in [-0.15, -0.1) is 0 Å². The van der Waals surface area contributed by atoms with Crippen LogP contribution in [0, 0.1) is 13.8 Å². The van der Waals surface area contributed by atoms with Gasteiger partial charge in [0, 0.05) is 11.1 Å². The number of imide groups is 1. The molecule has 1 N–H and O–H groups in total. The monoisotopic (exact) mass is 418 g/mol. The molecule has 5 rings (SSSR count). The second kappa shape index (κ2) is 7.82. The van der Waals surface area contributed by atoms with Crippen LogP contribution in [0.2, 0.25) is 0 Å². The van der Waals surface area contributed by atoms with E-state index >= 15 is 0 Å². The molecule has 0 radical (unpaired) electrons. The Kier molecular flexibility index (Phi) is 4.83. The van der Waals surface area contributed by atoms with Crippen LogP contribution < -0.4 is 10.2 Å². The molecule has 156 valence electrons. The second-order valence-corrected chi connectivity index (χ2v) is 8.00. The Balaban J connectivity index is 1.68. The first kappa shape index (κ1) is 19.8. The number of amides is 2. The summed E-state index contributed by atoms with van der Waals surface area (Å²) in [6, 6.07) is 28.9. The van der Waals surface area contributed by atoms with E-state index in [-0.39, 0.29) is 11.8 Å². The number of nitrogens with one attached hydrogen (secondary N) is 1. The van der Waals surface area contributed by atoms with Crippen molar-refractivity contribution < 1.29 is 9.59 Å². The van der Waals surface area contributed by atoms with Crippen LogP contribution >= 0.6 is 0 Å². The zero-order chi connectivity index (χ0) is 22.2. The third-order valence-electron chi connectivity index (χ3n) is 5.84. The van der Waals surface area contributed by atoms with Gasteiger partial charge in [-0.1, -0.05) is 84.4 Å². The van der Waals surface area contributed by atoms with Crippen LogP contribution in [0.5, 0.6) is 0 Å². The fourth-order valence-electron chi connectivity index (χ4n) is 4.10. The van der Waals surface area contributed by atoms with Gasteiger partial charge in [0.1, 0.15) is 5.70 Å². The first-order chi connectivity index (χ1) is 15.5. The molecule has 2 amide bonds. The lowest BCUT2D eigenvalue weighted by molar-refractivity contribution is -0.120. The minimum absolute atomic E-state index is 0.293. The van der Waals surface area contributed by atoms with Gasteiger partial charge in [-0.25, -0.2) is 4.90 Å². The molecule has 4 nitrogen and oxygen atoms in total. The highest BCUT2D eigenvalue weighted by Gasteiger charge is 2.40. The molecule has 0 atom stereocenters. The van der Waals surface area contributed by atoms with Crippen molar-refractivity contribution in [2.75, 3.05) is 10.2 Å². The van der Waals surface area contributed by atoms with Gasteiger partial charge in [0.2, 0.25) is 0 Å². The Morgan fingerprint density at radius 3 is 2.16 bits per heavy atom. The molecule has 4 aromatic carbocycles. The van der Waals surface area contributed by atoms with E-state index in [4.69, 9.17) is 0 Å². The average molecular weight is 418 g/mol. The fourth-order valence-corrected chi connectivity index (χ4v) is 4.10. The van der Waals surface area contributed by atoms with Gasteiger partial charge in [0.15, 0.2) is 0 Å². The van der Waals surface area contributed by atoms with Gasteiger partial charge in [-0.2, -0.15) is 0 Å². The van der Waals surface area contributed by atoms with Crippen LogP contribution in [0.15, 0.2) is 96.7 Å². The normalized spacial score (nSPS) is 13.9. The van der Waals surface area contributed by atoms with Crippen molar-refractivity contribution in [2.24, 2.45) is 0 Å². The number of carbonyl (C=O) groups is 2. The molecular weight excluding hydrogens is 396 g/mol. The Bertz CT molecular complexity index is 1400. The van der Waals surface area contributed by atoms with Gasteiger partial charge in [0.05, 0.1) is 11.3 Å². The summed E-state index contributed by atoms with van der Waals surface area (Å²) in [6.07, 6.45) is 0. The van der Waals surface area contributed by atoms with Gasteiger partial charge in [-0.3, -0.25) is 9.59 Å². The third kappa shape index (κ3) is 3.26. The molecule has 0 bridgehead atoms. The second-order valence-electron chi connectivity index (χ2n) is 8.00. The molecule has 0 aromatic heterocycles. The molecule has 0 aliphatic carbocycles. The van der Waals surface area contributed by atoms with Crippen LogP contribution in [0.4, 0.5) is 11.4 Å². The summed E-state index contributed by atoms with van der Waals surface area (Å²) in [5.41, 5.74) is 4.86. The SMILES string of the molecule is Cc1ccc(C2=C(Nc3ccccc3C)C(=O)N(c3cccc4ccccc34)C2=O)cc1. The van der Waals surface area contributed by atoms with Gasteiger partial charge < -0.3 is 5.32 Å². The van der Waals surface area contributed by atoms with E-state index in [0.717, 1.165) is 27.6 Å². The summed E-state index contributed by atoms with van der Waals surface area (Å²) < 4.78 is 0. The van der Waals surface area contributed by atoms with Crippen molar-refractivity contribution in [1.82, 2.24) is 0 Å². The standard InChI is InChI=1S/C28H22N2O2/c1-18-14-16-21(17-15-18)25-26(29-23-12-6-3-8-19(23)2)28(32)30(27(25)31)24-13-7-10-20-9-4-5-11-22(20)24/h3-17,29H,1-2H3. The number of benzene rings is 4. The minimum Gasteiger partial charge on any atom is -0.350 e. The molecule has 4 aromatic rings. The third-order valence-corrected chi connectivity index (χ3v) is 5.84. The summed E-state index contributed by atoms with van der Waals surface area (Å²) in [5.74, 6) is -0.684. The number of hydrogen-bond acceptors (Lipinski definition) is 3. The van der Waals surface area contributed by atoms with Crippen molar-refractivity contribution in [3.05, 3.63) is 113 Å². The largest absolute Gasteiger partial charge is 0.350 e. The molecule has 1 aliphatic rings. The zero-order valence-corrected chi connectivity index (χ0v) is 17.9. The number of rotatable bonds is 4. The molecule has 0 saturated heterocycles. The summed E-state index contributed by atoms with van der Waals surface area (Å²) in [5, 5.41) is 5.10. The highest BCUT2D eigenvalue weighted by atomic mass is 16.2. The Morgan fingerprint density at radius 1 is 0.688 bits per heavy atom. The summed E-state index contributed by atoms with van der Waals surface area (Å²) in [6.45, 7) is 3.97. The lowest BCUT2D eigenvalue weighted by Crippen LogP contribution is -2.32. The Hall–Kier alpha value is -4.18. The molecular formula is C28H22N2O2. The first-order valence-electron chi connectivity index (χ1n) is 10.5. The van der Waals surface area contributed by atoms with Crippen molar-refractivity contribution in [2.45, 2.75) is 13.8 Å². The lowest BCUT2D eigenvalue weighted by Gasteiger charge is -2.18. The van der Waals surface area contributed by atoms with Gasteiger partial charge in [-0.05, 0) is 42.5 Å². The van der Waals surface area contributed by atoms with E-state index in [1.165, 1.54) is 4.90 Å². The predicted octanol–water partition coefficient (Wildman–Crippen LogP) is 5.85. The average Bonchev–Trinajstić information content (AvgIpc) is 3.05. The van der Waals surface area contributed by atoms with Crippen molar-refractivity contribution >= 4 is 39.5 Å². The maximum absolute atomic E-state index is 13.7. The number of nitrogens with zero attached hydrogens (tertiary/aromatic N) is 1. The topological polar surface area (TPSA) is 49.4 Å². The molecule has 0 unspecified atom stereocenters. The lowest BCUT2D eigenvalue weighted by atomic mass is 10.0. The first-order valence-corrected chi connectivity index (χ1v) is 10.5. The number of fused-ring (bicyclic) bond motifs is 1. The van der Waals surface area contributed by atoms with Gasteiger partial charge >= 0.3 is 0 Å². The number of para-hydroxylation sites is 1. The highest BCUT2D eigenvalue weighted by molar-refractivity contribution is 6.47. The van der Waals surface area contributed by atoms with E-state index in [2.05, 4.69) is 5.32 Å². The van der Waals surface area contributed by atoms with E-state index in [0.29, 0.717) is 22.5 Å². The number of aryl methyl sites for hydroxylation is 2. The number of carbonyl (C=O) groups excluding carboxylic acids is 2. The molecule has 32 heavy (non-hydrogen) atoms. The van der Waals surface area contributed by atoms with Crippen LogP contribution in [-0.4, -0.2) is 11.8 Å². The van der Waals surface area contributed by atoms with E-state index in [1.54, 1.807) is 0 Å². The molecule has 1 aliphatic heterocycles. The van der Waals surface area contributed by atoms with Crippen LogP contribution in [0.25, 0.3) is 16.3 Å². The Labute approximate surface area is 186 Å². The zero-order valence-electron chi connectivity index (χ0n) is 17.9. The highest BCUT2D eigenvalue weighted by Crippen LogP contribution is 2.37. The van der Waals surface area contributed by atoms with E-state index < -0.39 is 0 Å². The fraction of sp³-hybridized carbons (Fsp3) is 0.0714. The molecule has 4 heteroatoms. The van der Waals surface area contributed by atoms with E-state index in [1.807, 2.05) is 105 Å². The van der Waals surface area contributed by atoms with Crippen LogP contribution in [-0.2, 0) is 9.59 Å². The number of hydrogen-bond donors (Lipinski definition) is 1. The van der Waals surface area contributed by atoms with Crippen molar-refractivity contribution in [3.8, 4) is 0 Å². The van der Waals surface area contributed by atoms with Crippen molar-refractivity contribution in [1.29, 1.82) is 0 Å². The van der Waals surface area contributed by atoms with Crippen molar-refractivity contribution in [3.63, 3.8) is 0 Å².